The van der Waals surface area contributed by atoms with Gasteiger partial charge in [0.1, 0.15) is 17.3 Å². The van der Waals surface area contributed by atoms with Gasteiger partial charge in [-0.2, -0.15) is 0 Å². The summed E-state index contributed by atoms with van der Waals surface area (Å²) in [4.78, 5) is 27.8. The maximum atomic E-state index is 13.3. The predicted octanol–water partition coefficient (Wildman–Crippen LogP) is 4.60. The van der Waals surface area contributed by atoms with Crippen LogP contribution < -0.4 is 18.9 Å². The average molecular weight is 490 g/mol. The molecule has 8 nitrogen and oxygen atoms in total. The van der Waals surface area contributed by atoms with Gasteiger partial charge in [-0.25, -0.2) is 0 Å². The molecule has 1 amide bonds. The molecule has 182 valence electrons. The third-order valence-corrected chi connectivity index (χ3v) is 6.04. The Hall–Kier alpha value is -3.39. The summed E-state index contributed by atoms with van der Waals surface area (Å²) in [6.45, 7) is 2.31. The van der Waals surface area contributed by atoms with Crippen molar-refractivity contribution in [1.82, 2.24) is 4.90 Å². The average Bonchev–Trinajstić information content (AvgIpc) is 3.10. The summed E-state index contributed by atoms with van der Waals surface area (Å²) in [5.74, 6) is -0.552. The first-order chi connectivity index (χ1) is 16.3. The van der Waals surface area contributed by atoms with Crippen LogP contribution in [0.5, 0.6) is 23.0 Å². The lowest BCUT2D eigenvalue weighted by Crippen LogP contribution is -2.30. The van der Waals surface area contributed by atoms with Gasteiger partial charge in [0.25, 0.3) is 11.7 Å². The van der Waals surface area contributed by atoms with E-state index in [1.807, 2.05) is 6.92 Å². The highest BCUT2D eigenvalue weighted by atomic mass is 35.5. The number of Topliss-reactive ketones (excluding diaryl/α,β-unsaturated/α-hetero) is 1. The van der Waals surface area contributed by atoms with Crippen LogP contribution >= 0.6 is 11.6 Å². The van der Waals surface area contributed by atoms with E-state index in [2.05, 4.69) is 0 Å². The van der Waals surface area contributed by atoms with E-state index in [1.165, 1.54) is 45.5 Å². The Morgan fingerprint density at radius 2 is 1.68 bits per heavy atom. The number of methoxy groups -OCH3 is 4. The SMILES string of the molecule is CCCCN1C(=O)C(=O)/C(=C(/O)c2cc(Cl)c(OC)cc2OC)C1c1cccc(OC)c1OC. The maximum Gasteiger partial charge on any atom is 0.295 e. The van der Waals surface area contributed by atoms with Crippen molar-refractivity contribution in [3.8, 4) is 23.0 Å². The molecule has 1 unspecified atom stereocenters. The number of halogens is 1. The normalized spacial score (nSPS) is 17.1. The van der Waals surface area contributed by atoms with E-state index in [0.717, 1.165) is 6.42 Å². The molecular formula is C25H28ClNO7. The number of para-hydroxylation sites is 1. The standard InChI is InChI=1S/C25H28ClNO7/c1-6-7-11-27-21(14-9-8-10-17(31-2)24(14)34-5)20(23(29)25(27)30)22(28)15-12-16(26)19(33-4)13-18(15)32-3/h8-10,12-13,21,28H,6-7,11H2,1-5H3/b22-20+. The minimum Gasteiger partial charge on any atom is -0.507 e. The third-order valence-electron chi connectivity index (χ3n) is 5.75. The fourth-order valence-electron chi connectivity index (χ4n) is 4.08. The lowest BCUT2D eigenvalue weighted by Gasteiger charge is -2.27. The molecule has 0 saturated carbocycles. The van der Waals surface area contributed by atoms with Gasteiger partial charge in [-0.1, -0.05) is 37.1 Å². The summed E-state index contributed by atoms with van der Waals surface area (Å²) in [5.41, 5.74) is 0.582. The van der Waals surface area contributed by atoms with Gasteiger partial charge in [-0.15, -0.1) is 0 Å². The molecule has 2 aromatic rings. The van der Waals surface area contributed by atoms with Crippen LogP contribution in [-0.4, -0.2) is 56.7 Å². The van der Waals surface area contributed by atoms with Gasteiger partial charge in [-0.3, -0.25) is 9.59 Å². The number of ketones is 1. The van der Waals surface area contributed by atoms with E-state index in [9.17, 15) is 14.7 Å². The van der Waals surface area contributed by atoms with Crippen molar-refractivity contribution in [3.63, 3.8) is 0 Å². The summed E-state index contributed by atoms with van der Waals surface area (Å²) in [5, 5.41) is 11.6. The molecule has 0 spiro atoms. The van der Waals surface area contributed by atoms with Crippen LogP contribution in [0.4, 0.5) is 0 Å². The van der Waals surface area contributed by atoms with Crippen molar-refractivity contribution in [2.45, 2.75) is 25.8 Å². The molecule has 0 bridgehead atoms. The van der Waals surface area contributed by atoms with Crippen molar-refractivity contribution < 1.29 is 33.6 Å². The fraction of sp³-hybridized carbons (Fsp3) is 0.360. The second-order valence-electron chi connectivity index (χ2n) is 7.62. The first-order valence-electron chi connectivity index (χ1n) is 10.8. The quantitative estimate of drug-likeness (QED) is 0.312. The number of amides is 1. The summed E-state index contributed by atoms with van der Waals surface area (Å²) in [7, 11) is 5.85. The molecule has 34 heavy (non-hydrogen) atoms. The molecule has 0 radical (unpaired) electrons. The molecule has 1 saturated heterocycles. The van der Waals surface area contributed by atoms with Crippen molar-refractivity contribution in [1.29, 1.82) is 0 Å². The number of nitrogens with zero attached hydrogens (tertiary/aromatic N) is 1. The van der Waals surface area contributed by atoms with Gasteiger partial charge in [0.2, 0.25) is 0 Å². The van der Waals surface area contributed by atoms with Gasteiger partial charge in [-0.05, 0) is 18.6 Å². The van der Waals surface area contributed by atoms with Crippen molar-refractivity contribution in [2.24, 2.45) is 0 Å². The number of carbonyl (C=O) groups is 2. The molecule has 9 heteroatoms. The van der Waals surface area contributed by atoms with E-state index < -0.39 is 23.5 Å². The number of aliphatic hydroxyl groups is 1. The smallest absolute Gasteiger partial charge is 0.295 e. The molecule has 0 aromatic heterocycles. The molecule has 1 fully saturated rings. The number of aliphatic hydroxyl groups excluding tert-OH is 1. The molecule has 0 aliphatic carbocycles. The molecule has 2 aromatic carbocycles. The van der Waals surface area contributed by atoms with Crippen LogP contribution in [0, 0.1) is 0 Å². The van der Waals surface area contributed by atoms with Crippen LogP contribution in [-0.2, 0) is 9.59 Å². The van der Waals surface area contributed by atoms with Crippen molar-refractivity contribution >= 4 is 29.1 Å². The number of hydrogen-bond acceptors (Lipinski definition) is 7. The minimum absolute atomic E-state index is 0.0906. The van der Waals surface area contributed by atoms with Crippen LogP contribution in [0.2, 0.25) is 5.02 Å². The van der Waals surface area contributed by atoms with Crippen molar-refractivity contribution in [2.75, 3.05) is 35.0 Å². The number of hydrogen-bond donors (Lipinski definition) is 1. The summed E-state index contributed by atoms with van der Waals surface area (Å²) < 4.78 is 21.6. The van der Waals surface area contributed by atoms with Gasteiger partial charge < -0.3 is 29.0 Å². The molecule has 3 rings (SSSR count). The number of carbonyl (C=O) groups excluding carboxylic acids is 2. The first-order valence-corrected chi connectivity index (χ1v) is 11.1. The second kappa shape index (κ2) is 10.7. The zero-order valence-electron chi connectivity index (χ0n) is 19.8. The van der Waals surface area contributed by atoms with E-state index in [4.69, 9.17) is 30.5 Å². The largest absolute Gasteiger partial charge is 0.507 e. The number of likely N-dealkylation sites (tertiary alicyclic amines) is 1. The number of ether oxygens (including phenoxy) is 4. The Morgan fingerprint density at radius 3 is 2.26 bits per heavy atom. The Kier molecular flexibility index (Phi) is 7.94. The predicted molar refractivity (Wildman–Crippen MR) is 128 cm³/mol. The van der Waals surface area contributed by atoms with Crippen LogP contribution in [0.1, 0.15) is 36.9 Å². The van der Waals surface area contributed by atoms with E-state index >= 15 is 0 Å². The van der Waals surface area contributed by atoms with Gasteiger partial charge >= 0.3 is 0 Å². The molecule has 1 aliphatic heterocycles. The maximum absolute atomic E-state index is 13.3. The Labute approximate surface area is 203 Å². The number of rotatable bonds is 9. The first kappa shape index (κ1) is 25.2. The van der Waals surface area contributed by atoms with Crippen LogP contribution in [0.25, 0.3) is 5.76 Å². The fourth-order valence-corrected chi connectivity index (χ4v) is 4.32. The Balaban J connectivity index is 2.32. The number of unbranched alkanes of at least 4 members (excludes halogenated alkanes) is 1. The van der Waals surface area contributed by atoms with Gasteiger partial charge in [0.05, 0.1) is 50.6 Å². The highest BCUT2D eigenvalue weighted by molar-refractivity contribution is 6.46. The van der Waals surface area contributed by atoms with Crippen LogP contribution in [0.3, 0.4) is 0 Å². The van der Waals surface area contributed by atoms with E-state index in [1.54, 1.807) is 18.2 Å². The summed E-state index contributed by atoms with van der Waals surface area (Å²) >= 11 is 6.30. The highest BCUT2D eigenvalue weighted by Crippen LogP contribution is 2.47. The van der Waals surface area contributed by atoms with E-state index in [-0.39, 0.29) is 21.9 Å². The summed E-state index contributed by atoms with van der Waals surface area (Å²) in [6.07, 6.45) is 1.49. The highest BCUT2D eigenvalue weighted by Gasteiger charge is 2.47. The Bertz CT molecular complexity index is 1130. The van der Waals surface area contributed by atoms with Gasteiger partial charge in [0.15, 0.2) is 11.5 Å². The zero-order chi connectivity index (χ0) is 25.0. The number of benzene rings is 2. The topological polar surface area (TPSA) is 94.5 Å². The summed E-state index contributed by atoms with van der Waals surface area (Å²) in [6, 6.07) is 7.23. The molecule has 1 heterocycles. The van der Waals surface area contributed by atoms with Crippen molar-refractivity contribution in [3.05, 3.63) is 52.1 Å². The molecular weight excluding hydrogens is 462 g/mol. The second-order valence-corrected chi connectivity index (χ2v) is 8.02. The minimum atomic E-state index is -0.901. The monoisotopic (exact) mass is 489 g/mol. The third kappa shape index (κ3) is 4.37. The van der Waals surface area contributed by atoms with Gasteiger partial charge in [0, 0.05) is 18.2 Å². The van der Waals surface area contributed by atoms with E-state index in [0.29, 0.717) is 35.8 Å². The molecule has 1 atom stereocenters. The lowest BCUT2D eigenvalue weighted by molar-refractivity contribution is -0.139. The lowest BCUT2D eigenvalue weighted by atomic mass is 9.94. The molecule has 1 aliphatic rings. The Morgan fingerprint density at radius 1 is 1.00 bits per heavy atom. The molecule has 1 N–H and O–H groups in total. The van der Waals surface area contributed by atoms with Crippen LogP contribution in [0.15, 0.2) is 35.9 Å². The zero-order valence-corrected chi connectivity index (χ0v) is 20.6.